The van der Waals surface area contributed by atoms with E-state index in [9.17, 15) is 9.59 Å². The molecule has 0 N–H and O–H groups in total. The number of amides is 1. The van der Waals surface area contributed by atoms with Crippen molar-refractivity contribution >= 4 is 12.1 Å². The highest BCUT2D eigenvalue weighted by Crippen LogP contribution is 2.29. The summed E-state index contributed by atoms with van der Waals surface area (Å²) in [5.74, 6) is -0.189. The molecule has 2 fully saturated rings. The van der Waals surface area contributed by atoms with Gasteiger partial charge in [-0.25, -0.2) is 4.79 Å². The lowest BCUT2D eigenvalue weighted by atomic mass is 10.1. The van der Waals surface area contributed by atoms with Gasteiger partial charge in [-0.3, -0.25) is 9.69 Å². The molecule has 6 nitrogen and oxygen atoms in total. The van der Waals surface area contributed by atoms with Gasteiger partial charge >= 0.3 is 12.1 Å². The van der Waals surface area contributed by atoms with E-state index in [1.165, 1.54) is 12.8 Å². The topological polar surface area (TPSA) is 59.1 Å². The molecular formula is C18H32N2O4. The van der Waals surface area contributed by atoms with Crippen LogP contribution in [0.5, 0.6) is 0 Å². The molecule has 0 aromatic carbocycles. The number of ether oxygens (including phenoxy) is 2. The average Bonchev–Trinajstić information content (AvgIpc) is 3.12. The predicted octanol–water partition coefficient (Wildman–Crippen LogP) is 2.80. The molecule has 2 aliphatic rings. The Balaban J connectivity index is 1.98. The summed E-state index contributed by atoms with van der Waals surface area (Å²) in [6.45, 7) is 10.8. The lowest BCUT2D eigenvalue weighted by Crippen LogP contribution is -2.41. The summed E-state index contributed by atoms with van der Waals surface area (Å²) in [6.07, 6.45) is 4.11. The number of likely N-dealkylation sites (tertiary alicyclic amines) is 2. The van der Waals surface area contributed by atoms with E-state index in [1.54, 1.807) is 0 Å². The van der Waals surface area contributed by atoms with Crippen molar-refractivity contribution in [2.75, 3.05) is 26.2 Å². The number of rotatable bonds is 5. The van der Waals surface area contributed by atoms with Crippen molar-refractivity contribution in [3.05, 3.63) is 0 Å². The maximum absolute atomic E-state index is 12.6. The van der Waals surface area contributed by atoms with Crippen molar-refractivity contribution < 1.29 is 19.1 Å². The van der Waals surface area contributed by atoms with Gasteiger partial charge in [0.2, 0.25) is 0 Å². The Hall–Kier alpha value is -1.30. The van der Waals surface area contributed by atoms with E-state index in [-0.39, 0.29) is 18.1 Å². The first-order valence-electron chi connectivity index (χ1n) is 9.19. The minimum atomic E-state index is -0.505. The molecular weight excluding hydrogens is 308 g/mol. The SMILES string of the molecule is CCOC(=O)CC[C@@H]1C[C@H](N2CCCC2)CN1C(=O)OC(C)(C)C. The third kappa shape index (κ3) is 5.36. The van der Waals surface area contributed by atoms with Gasteiger partial charge in [-0.2, -0.15) is 0 Å². The molecule has 0 aliphatic carbocycles. The number of carbonyl (C=O) groups excluding carboxylic acids is 2. The summed E-state index contributed by atoms with van der Waals surface area (Å²) in [6, 6.07) is 0.432. The Kier molecular flexibility index (Phi) is 6.49. The zero-order valence-corrected chi connectivity index (χ0v) is 15.5. The Bertz CT molecular complexity index is 441. The molecule has 0 spiro atoms. The van der Waals surface area contributed by atoms with Gasteiger partial charge in [-0.15, -0.1) is 0 Å². The fraction of sp³-hybridized carbons (Fsp3) is 0.889. The molecule has 138 valence electrons. The molecule has 1 amide bonds. The first-order chi connectivity index (χ1) is 11.3. The first kappa shape index (κ1) is 19.0. The quantitative estimate of drug-likeness (QED) is 0.720. The number of nitrogens with zero attached hydrogens (tertiary/aromatic N) is 2. The Morgan fingerprint density at radius 3 is 2.42 bits per heavy atom. The first-order valence-corrected chi connectivity index (χ1v) is 9.19. The van der Waals surface area contributed by atoms with E-state index in [2.05, 4.69) is 4.90 Å². The van der Waals surface area contributed by atoms with Crippen molar-refractivity contribution in [3.63, 3.8) is 0 Å². The second-order valence-electron chi connectivity index (χ2n) is 7.76. The van der Waals surface area contributed by atoms with E-state index in [1.807, 2.05) is 32.6 Å². The highest BCUT2D eigenvalue weighted by Gasteiger charge is 2.40. The Morgan fingerprint density at radius 1 is 1.17 bits per heavy atom. The molecule has 0 saturated carbocycles. The number of carbonyl (C=O) groups is 2. The van der Waals surface area contributed by atoms with Gasteiger partial charge in [0.15, 0.2) is 0 Å². The second-order valence-corrected chi connectivity index (χ2v) is 7.76. The van der Waals surface area contributed by atoms with Crippen LogP contribution >= 0.6 is 0 Å². The van der Waals surface area contributed by atoms with Crippen LogP contribution in [0.25, 0.3) is 0 Å². The van der Waals surface area contributed by atoms with Crippen LogP contribution in [0.2, 0.25) is 0 Å². The molecule has 0 unspecified atom stereocenters. The third-order valence-corrected chi connectivity index (χ3v) is 4.66. The zero-order valence-electron chi connectivity index (χ0n) is 15.5. The summed E-state index contributed by atoms with van der Waals surface area (Å²) < 4.78 is 10.6. The van der Waals surface area contributed by atoms with E-state index >= 15 is 0 Å². The fourth-order valence-corrected chi connectivity index (χ4v) is 3.60. The fourth-order valence-electron chi connectivity index (χ4n) is 3.60. The molecule has 2 saturated heterocycles. The van der Waals surface area contributed by atoms with Crippen LogP contribution in [0.3, 0.4) is 0 Å². The summed E-state index contributed by atoms with van der Waals surface area (Å²) >= 11 is 0. The van der Waals surface area contributed by atoms with Crippen LogP contribution in [0.4, 0.5) is 4.79 Å². The predicted molar refractivity (Wildman–Crippen MR) is 91.8 cm³/mol. The van der Waals surface area contributed by atoms with Crippen molar-refractivity contribution in [1.29, 1.82) is 0 Å². The normalized spacial score (nSPS) is 25.1. The van der Waals surface area contributed by atoms with Gasteiger partial charge in [0.05, 0.1) is 6.61 Å². The van der Waals surface area contributed by atoms with Gasteiger partial charge in [0, 0.05) is 25.0 Å². The van der Waals surface area contributed by atoms with Crippen molar-refractivity contribution in [2.24, 2.45) is 0 Å². The summed E-state index contributed by atoms with van der Waals surface area (Å²) in [7, 11) is 0. The molecule has 2 rings (SSSR count). The van der Waals surface area contributed by atoms with Crippen LogP contribution in [0.1, 0.15) is 59.8 Å². The highest BCUT2D eigenvalue weighted by atomic mass is 16.6. The number of esters is 1. The van der Waals surface area contributed by atoms with Crippen molar-refractivity contribution in [1.82, 2.24) is 9.80 Å². The van der Waals surface area contributed by atoms with Gasteiger partial charge < -0.3 is 14.4 Å². The maximum atomic E-state index is 12.6. The van der Waals surface area contributed by atoms with Crippen LogP contribution in [-0.4, -0.2) is 65.8 Å². The molecule has 6 heteroatoms. The largest absolute Gasteiger partial charge is 0.466 e. The van der Waals surface area contributed by atoms with E-state index in [0.29, 0.717) is 32.0 Å². The van der Waals surface area contributed by atoms with Gasteiger partial charge in [0.1, 0.15) is 5.60 Å². The Morgan fingerprint density at radius 2 is 1.83 bits per heavy atom. The number of hydrogen-bond acceptors (Lipinski definition) is 5. The molecule has 0 bridgehead atoms. The molecule has 0 radical (unpaired) electrons. The van der Waals surface area contributed by atoms with Gasteiger partial charge in [-0.05, 0) is 66.5 Å². The molecule has 0 aromatic rings. The monoisotopic (exact) mass is 340 g/mol. The summed E-state index contributed by atoms with van der Waals surface area (Å²) in [5.41, 5.74) is -0.505. The van der Waals surface area contributed by atoms with Crippen molar-refractivity contribution in [2.45, 2.75) is 77.5 Å². The molecule has 2 aliphatic heterocycles. The highest BCUT2D eigenvalue weighted by molar-refractivity contribution is 5.71. The lowest BCUT2D eigenvalue weighted by Gasteiger charge is -2.28. The molecule has 24 heavy (non-hydrogen) atoms. The van der Waals surface area contributed by atoms with Gasteiger partial charge in [0.25, 0.3) is 0 Å². The standard InChI is InChI=1S/C18H32N2O4/c1-5-23-16(21)9-8-14-12-15(19-10-6-7-11-19)13-20(14)17(22)24-18(2,3)4/h14-15H,5-13H2,1-4H3/t14-,15+/m1/s1. The zero-order chi connectivity index (χ0) is 17.7. The third-order valence-electron chi connectivity index (χ3n) is 4.66. The lowest BCUT2D eigenvalue weighted by molar-refractivity contribution is -0.143. The smallest absolute Gasteiger partial charge is 0.410 e. The second kappa shape index (κ2) is 8.19. The molecule has 0 aromatic heterocycles. The molecule has 2 atom stereocenters. The summed E-state index contributed by atoms with van der Waals surface area (Å²) in [4.78, 5) is 28.5. The minimum Gasteiger partial charge on any atom is -0.466 e. The Labute approximate surface area is 145 Å². The summed E-state index contributed by atoms with van der Waals surface area (Å²) in [5, 5.41) is 0. The van der Waals surface area contributed by atoms with E-state index < -0.39 is 5.60 Å². The van der Waals surface area contributed by atoms with Crippen LogP contribution < -0.4 is 0 Å². The molecule has 2 heterocycles. The van der Waals surface area contributed by atoms with E-state index in [4.69, 9.17) is 9.47 Å². The van der Waals surface area contributed by atoms with Crippen molar-refractivity contribution in [3.8, 4) is 0 Å². The average molecular weight is 340 g/mol. The minimum absolute atomic E-state index is 0.0508. The van der Waals surface area contributed by atoms with Crippen LogP contribution in [-0.2, 0) is 14.3 Å². The van der Waals surface area contributed by atoms with Crippen LogP contribution in [0, 0.1) is 0 Å². The maximum Gasteiger partial charge on any atom is 0.410 e. The van der Waals surface area contributed by atoms with Gasteiger partial charge in [-0.1, -0.05) is 0 Å². The van der Waals surface area contributed by atoms with Crippen LogP contribution in [0.15, 0.2) is 0 Å². The van der Waals surface area contributed by atoms with E-state index in [0.717, 1.165) is 19.5 Å². The number of hydrogen-bond donors (Lipinski definition) is 0.